The number of nitrogens with one attached hydrogen (secondary N) is 1. The molecule has 1 aromatic carbocycles. The van der Waals surface area contributed by atoms with Gasteiger partial charge >= 0.3 is 6.09 Å². The van der Waals surface area contributed by atoms with E-state index < -0.39 is 0 Å². The first-order valence-electron chi connectivity index (χ1n) is 8.92. The highest BCUT2D eigenvalue weighted by Crippen LogP contribution is 2.23. The summed E-state index contributed by atoms with van der Waals surface area (Å²) in [7, 11) is 1.40. The van der Waals surface area contributed by atoms with Crippen molar-refractivity contribution in [2.24, 2.45) is 5.92 Å². The van der Waals surface area contributed by atoms with Crippen LogP contribution in [-0.2, 0) is 22.5 Å². The van der Waals surface area contributed by atoms with Crippen molar-refractivity contribution in [3.8, 4) is 0 Å². The highest BCUT2D eigenvalue weighted by molar-refractivity contribution is 5.96. The second kappa shape index (κ2) is 7.87. The van der Waals surface area contributed by atoms with Crippen molar-refractivity contribution in [1.29, 1.82) is 0 Å². The number of likely N-dealkylation sites (tertiary alicyclic amines) is 1. The lowest BCUT2D eigenvalue weighted by Crippen LogP contribution is -2.48. The summed E-state index contributed by atoms with van der Waals surface area (Å²) in [5.74, 6) is 0.164. The standard InChI is InChI=1S/C19H26N2O4/c1-13(15-6-4-9-21(11-15)19(23)24-2)20-18(22)16-7-3-5-14-8-10-25-12-17(14)16/h3,5,7,13,15H,4,6,8-12H2,1-2H3,(H,20,22). The Bertz CT molecular complexity index is 646. The molecule has 2 unspecified atom stereocenters. The van der Waals surface area contributed by atoms with Crippen LogP contribution in [0.4, 0.5) is 4.79 Å². The second-order valence-corrected chi connectivity index (χ2v) is 6.83. The number of fused-ring (bicyclic) bond motifs is 1. The minimum Gasteiger partial charge on any atom is -0.453 e. The normalized spacial score (nSPS) is 21.2. The van der Waals surface area contributed by atoms with Gasteiger partial charge in [0.1, 0.15) is 0 Å². The number of nitrogens with zero attached hydrogens (tertiary/aromatic N) is 1. The largest absolute Gasteiger partial charge is 0.453 e. The Balaban J connectivity index is 1.66. The summed E-state index contributed by atoms with van der Waals surface area (Å²) in [5.41, 5.74) is 2.89. The molecule has 6 nitrogen and oxygen atoms in total. The Labute approximate surface area is 148 Å². The third kappa shape index (κ3) is 3.95. The molecule has 0 saturated carbocycles. The van der Waals surface area contributed by atoms with Gasteiger partial charge in [-0.05, 0) is 49.3 Å². The van der Waals surface area contributed by atoms with Crippen LogP contribution in [0.25, 0.3) is 0 Å². The third-order valence-electron chi connectivity index (χ3n) is 5.24. The molecule has 0 aromatic heterocycles. The van der Waals surface area contributed by atoms with Crippen LogP contribution in [0, 0.1) is 5.92 Å². The van der Waals surface area contributed by atoms with E-state index in [-0.39, 0.29) is 24.0 Å². The van der Waals surface area contributed by atoms with Gasteiger partial charge in [-0.3, -0.25) is 4.79 Å². The lowest BCUT2D eigenvalue weighted by molar-refractivity contribution is 0.0838. The van der Waals surface area contributed by atoms with Gasteiger partial charge in [0.2, 0.25) is 0 Å². The van der Waals surface area contributed by atoms with Crippen molar-refractivity contribution in [2.75, 3.05) is 26.8 Å². The zero-order valence-electron chi connectivity index (χ0n) is 14.9. The molecule has 0 spiro atoms. The minimum absolute atomic E-state index is 0.0136. The smallest absolute Gasteiger partial charge is 0.409 e. The van der Waals surface area contributed by atoms with Crippen molar-refractivity contribution in [1.82, 2.24) is 10.2 Å². The van der Waals surface area contributed by atoms with Crippen LogP contribution in [-0.4, -0.2) is 49.7 Å². The van der Waals surface area contributed by atoms with E-state index in [0.717, 1.165) is 24.8 Å². The van der Waals surface area contributed by atoms with E-state index in [2.05, 4.69) is 11.4 Å². The molecule has 1 fully saturated rings. The number of ether oxygens (including phenoxy) is 2. The van der Waals surface area contributed by atoms with Gasteiger partial charge in [-0.2, -0.15) is 0 Å². The number of hydrogen-bond donors (Lipinski definition) is 1. The maximum atomic E-state index is 12.8. The topological polar surface area (TPSA) is 67.9 Å². The fraction of sp³-hybridized carbons (Fsp3) is 0.579. The molecular weight excluding hydrogens is 320 g/mol. The predicted molar refractivity (Wildman–Crippen MR) is 93.4 cm³/mol. The molecule has 6 heteroatoms. The number of piperidine rings is 1. The van der Waals surface area contributed by atoms with Crippen molar-refractivity contribution < 1.29 is 19.1 Å². The molecule has 3 rings (SSSR count). The molecule has 2 atom stereocenters. The van der Waals surface area contributed by atoms with Gasteiger partial charge in [-0.25, -0.2) is 4.79 Å². The summed E-state index contributed by atoms with van der Waals surface area (Å²) < 4.78 is 10.3. The molecule has 2 aliphatic rings. The first kappa shape index (κ1) is 17.7. The van der Waals surface area contributed by atoms with Crippen LogP contribution in [0.2, 0.25) is 0 Å². The Kier molecular flexibility index (Phi) is 5.58. The number of rotatable bonds is 3. The third-order valence-corrected chi connectivity index (χ3v) is 5.24. The number of carbonyl (C=O) groups is 2. The van der Waals surface area contributed by atoms with Crippen LogP contribution in [0.3, 0.4) is 0 Å². The number of benzene rings is 1. The molecule has 0 aliphatic carbocycles. The van der Waals surface area contributed by atoms with Crippen molar-refractivity contribution >= 4 is 12.0 Å². The number of hydrogen-bond acceptors (Lipinski definition) is 4. The molecule has 1 saturated heterocycles. The fourth-order valence-corrected chi connectivity index (χ4v) is 3.72. The van der Waals surface area contributed by atoms with E-state index >= 15 is 0 Å². The van der Waals surface area contributed by atoms with Crippen LogP contribution >= 0.6 is 0 Å². The Morgan fingerprint density at radius 3 is 3.04 bits per heavy atom. The molecule has 25 heavy (non-hydrogen) atoms. The van der Waals surface area contributed by atoms with Gasteiger partial charge in [0.05, 0.1) is 20.3 Å². The molecule has 0 bridgehead atoms. The van der Waals surface area contributed by atoms with E-state index in [1.54, 1.807) is 4.90 Å². The highest BCUT2D eigenvalue weighted by Gasteiger charge is 2.29. The average Bonchev–Trinajstić information content (AvgIpc) is 2.66. The molecule has 0 radical (unpaired) electrons. The van der Waals surface area contributed by atoms with Crippen molar-refractivity contribution in [2.45, 2.75) is 38.8 Å². The monoisotopic (exact) mass is 346 g/mol. The summed E-state index contributed by atoms with van der Waals surface area (Å²) >= 11 is 0. The molecule has 2 heterocycles. The molecule has 2 aliphatic heterocycles. The summed E-state index contributed by atoms with van der Waals surface area (Å²) in [4.78, 5) is 26.2. The first-order chi connectivity index (χ1) is 12.1. The molecule has 2 amide bonds. The molecular formula is C19H26N2O4. The van der Waals surface area contributed by atoms with E-state index in [0.29, 0.717) is 31.9 Å². The van der Waals surface area contributed by atoms with Gasteiger partial charge in [0.15, 0.2) is 0 Å². The van der Waals surface area contributed by atoms with E-state index in [9.17, 15) is 9.59 Å². The first-order valence-corrected chi connectivity index (χ1v) is 8.92. The lowest BCUT2D eigenvalue weighted by Gasteiger charge is -2.35. The Morgan fingerprint density at radius 2 is 2.24 bits per heavy atom. The van der Waals surface area contributed by atoms with Gasteiger partial charge in [-0.1, -0.05) is 12.1 Å². The fourth-order valence-electron chi connectivity index (χ4n) is 3.72. The maximum absolute atomic E-state index is 12.8. The zero-order valence-corrected chi connectivity index (χ0v) is 14.9. The SMILES string of the molecule is COC(=O)N1CCCC(C(C)NC(=O)c2cccc3c2COCC3)C1. The number of methoxy groups -OCH3 is 1. The van der Waals surface area contributed by atoms with Crippen LogP contribution < -0.4 is 5.32 Å². The highest BCUT2D eigenvalue weighted by atomic mass is 16.5. The maximum Gasteiger partial charge on any atom is 0.409 e. The molecule has 136 valence electrons. The van der Waals surface area contributed by atoms with Gasteiger partial charge in [0.25, 0.3) is 5.91 Å². The summed E-state index contributed by atoms with van der Waals surface area (Å²) in [6, 6.07) is 5.84. The number of amides is 2. The average molecular weight is 346 g/mol. The summed E-state index contributed by atoms with van der Waals surface area (Å²) in [6.45, 7) is 4.54. The molecule has 1 N–H and O–H groups in total. The van der Waals surface area contributed by atoms with Gasteiger partial charge in [0, 0.05) is 24.7 Å². The second-order valence-electron chi connectivity index (χ2n) is 6.83. The minimum atomic E-state index is -0.294. The van der Waals surface area contributed by atoms with E-state index in [1.165, 1.54) is 12.7 Å². The summed E-state index contributed by atoms with van der Waals surface area (Å²) in [6.07, 6.45) is 2.47. The van der Waals surface area contributed by atoms with Crippen LogP contribution in [0.1, 0.15) is 41.3 Å². The zero-order chi connectivity index (χ0) is 17.8. The lowest BCUT2D eigenvalue weighted by atomic mass is 9.91. The summed E-state index contributed by atoms with van der Waals surface area (Å²) in [5, 5.41) is 3.12. The van der Waals surface area contributed by atoms with Crippen LogP contribution in [0.15, 0.2) is 18.2 Å². The van der Waals surface area contributed by atoms with Crippen LogP contribution in [0.5, 0.6) is 0 Å². The van der Waals surface area contributed by atoms with Crippen molar-refractivity contribution in [3.05, 3.63) is 34.9 Å². The Hall–Kier alpha value is -2.08. The van der Waals surface area contributed by atoms with E-state index in [4.69, 9.17) is 9.47 Å². The quantitative estimate of drug-likeness (QED) is 0.912. The van der Waals surface area contributed by atoms with Gasteiger partial charge in [-0.15, -0.1) is 0 Å². The molecule has 1 aromatic rings. The Morgan fingerprint density at radius 1 is 1.40 bits per heavy atom. The van der Waals surface area contributed by atoms with E-state index in [1.807, 2.05) is 19.1 Å². The number of carbonyl (C=O) groups excluding carboxylic acids is 2. The van der Waals surface area contributed by atoms with Crippen molar-refractivity contribution in [3.63, 3.8) is 0 Å². The van der Waals surface area contributed by atoms with Gasteiger partial charge < -0.3 is 19.7 Å². The predicted octanol–water partition coefficient (Wildman–Crippen LogP) is 2.36.